The van der Waals surface area contributed by atoms with Crippen molar-refractivity contribution in [3.63, 3.8) is 0 Å². The summed E-state index contributed by atoms with van der Waals surface area (Å²) < 4.78 is 21.2. The number of benzene rings is 1. The maximum absolute atomic E-state index is 14.0. The highest BCUT2D eigenvalue weighted by Crippen LogP contribution is 2.23. The lowest BCUT2D eigenvalue weighted by Crippen LogP contribution is -2.29. The maximum Gasteiger partial charge on any atom is 0.268 e. The Hall–Kier alpha value is -2.60. The Kier molecular flexibility index (Phi) is 5.19. The van der Waals surface area contributed by atoms with Crippen LogP contribution in [0.3, 0.4) is 0 Å². The van der Waals surface area contributed by atoms with Crippen LogP contribution in [0.1, 0.15) is 22.5 Å². The molecule has 0 radical (unpaired) electrons. The van der Waals surface area contributed by atoms with Crippen molar-refractivity contribution in [3.05, 3.63) is 59.7 Å². The summed E-state index contributed by atoms with van der Waals surface area (Å²) in [5.74, 6) is -0.466. The Morgan fingerprint density at radius 2 is 2.08 bits per heavy atom. The number of amides is 1. The SMILES string of the molecule is CN(C)CCCNC(=O)c1cc2occc2n1Cc1ccccc1F. The lowest BCUT2D eigenvalue weighted by molar-refractivity contribution is 0.0944. The number of aromatic nitrogens is 1. The second-order valence-electron chi connectivity index (χ2n) is 6.29. The third-order valence-electron chi connectivity index (χ3n) is 4.11. The van der Waals surface area contributed by atoms with E-state index in [1.807, 2.05) is 14.1 Å². The van der Waals surface area contributed by atoms with Crippen LogP contribution >= 0.6 is 0 Å². The molecule has 0 spiro atoms. The largest absolute Gasteiger partial charge is 0.463 e. The standard InChI is InChI=1S/C19H22FN3O2/c1-22(2)10-5-9-21-19(24)17-12-18-16(8-11-25-18)23(17)13-14-6-3-4-7-15(14)20/h3-4,6-8,11-12H,5,9-10,13H2,1-2H3,(H,21,24). The minimum Gasteiger partial charge on any atom is -0.463 e. The number of carbonyl (C=O) groups excluding carboxylic acids is 1. The van der Waals surface area contributed by atoms with Gasteiger partial charge in [0.2, 0.25) is 0 Å². The molecule has 0 saturated heterocycles. The number of hydrogen-bond acceptors (Lipinski definition) is 3. The first-order valence-electron chi connectivity index (χ1n) is 8.29. The van der Waals surface area contributed by atoms with Crippen molar-refractivity contribution in [1.29, 1.82) is 0 Å². The highest BCUT2D eigenvalue weighted by molar-refractivity contribution is 5.97. The molecule has 5 nitrogen and oxygen atoms in total. The lowest BCUT2D eigenvalue weighted by Gasteiger charge is -2.12. The van der Waals surface area contributed by atoms with Crippen molar-refractivity contribution in [2.24, 2.45) is 0 Å². The van der Waals surface area contributed by atoms with Crippen molar-refractivity contribution in [2.75, 3.05) is 27.2 Å². The number of carbonyl (C=O) groups is 1. The van der Waals surface area contributed by atoms with Gasteiger partial charge in [-0.05, 0) is 33.1 Å². The zero-order valence-electron chi connectivity index (χ0n) is 14.5. The van der Waals surface area contributed by atoms with Crippen molar-refractivity contribution < 1.29 is 13.6 Å². The highest BCUT2D eigenvalue weighted by atomic mass is 19.1. The molecule has 0 aliphatic heterocycles. The third kappa shape index (κ3) is 3.91. The van der Waals surface area contributed by atoms with Gasteiger partial charge >= 0.3 is 0 Å². The number of nitrogens with zero attached hydrogens (tertiary/aromatic N) is 2. The molecule has 0 bridgehead atoms. The van der Waals surface area contributed by atoms with Crippen LogP contribution in [0.15, 0.2) is 47.1 Å². The van der Waals surface area contributed by atoms with Gasteiger partial charge in [0, 0.05) is 24.2 Å². The van der Waals surface area contributed by atoms with Gasteiger partial charge in [-0.1, -0.05) is 18.2 Å². The molecule has 0 fully saturated rings. The number of hydrogen-bond donors (Lipinski definition) is 1. The number of rotatable bonds is 7. The molecule has 0 aliphatic carbocycles. The fourth-order valence-corrected chi connectivity index (χ4v) is 2.82. The molecule has 1 amide bonds. The molecule has 0 saturated carbocycles. The number of furan rings is 1. The summed E-state index contributed by atoms with van der Waals surface area (Å²) in [4.78, 5) is 14.6. The Morgan fingerprint density at radius 1 is 1.28 bits per heavy atom. The van der Waals surface area contributed by atoms with E-state index in [0.717, 1.165) is 18.5 Å². The van der Waals surface area contributed by atoms with E-state index >= 15 is 0 Å². The highest BCUT2D eigenvalue weighted by Gasteiger charge is 2.18. The molecule has 0 aliphatic rings. The minimum atomic E-state index is -0.287. The maximum atomic E-state index is 14.0. The second-order valence-corrected chi connectivity index (χ2v) is 6.29. The summed E-state index contributed by atoms with van der Waals surface area (Å²) in [6.07, 6.45) is 2.43. The van der Waals surface area contributed by atoms with Crippen LogP contribution in [0.4, 0.5) is 4.39 Å². The Labute approximate surface area is 146 Å². The molecule has 25 heavy (non-hydrogen) atoms. The van der Waals surface area contributed by atoms with Crippen LogP contribution in [0, 0.1) is 5.82 Å². The fraction of sp³-hybridized carbons (Fsp3) is 0.316. The molecule has 3 rings (SSSR count). The van der Waals surface area contributed by atoms with Gasteiger partial charge in [-0.15, -0.1) is 0 Å². The predicted octanol–water partition coefficient (Wildman–Crippen LogP) is 3.10. The van der Waals surface area contributed by atoms with Crippen molar-refractivity contribution in [1.82, 2.24) is 14.8 Å². The van der Waals surface area contributed by atoms with E-state index in [1.165, 1.54) is 6.07 Å². The van der Waals surface area contributed by atoms with Gasteiger partial charge < -0.3 is 19.2 Å². The summed E-state index contributed by atoms with van der Waals surface area (Å²) in [6.45, 7) is 1.76. The minimum absolute atomic E-state index is 0.179. The van der Waals surface area contributed by atoms with Crippen LogP contribution in [0.5, 0.6) is 0 Å². The molecule has 0 unspecified atom stereocenters. The first-order chi connectivity index (χ1) is 12.1. The molecule has 132 valence electrons. The number of fused-ring (bicyclic) bond motifs is 1. The normalized spacial score (nSPS) is 11.4. The van der Waals surface area contributed by atoms with Gasteiger partial charge in [-0.25, -0.2) is 4.39 Å². The van der Waals surface area contributed by atoms with Gasteiger partial charge in [0.1, 0.15) is 11.5 Å². The van der Waals surface area contributed by atoms with Crippen LogP contribution in [0.25, 0.3) is 11.1 Å². The van der Waals surface area contributed by atoms with E-state index in [2.05, 4.69) is 10.2 Å². The second kappa shape index (κ2) is 7.53. The summed E-state index contributed by atoms with van der Waals surface area (Å²) in [6, 6.07) is 10.1. The first-order valence-corrected chi connectivity index (χ1v) is 8.29. The predicted molar refractivity (Wildman–Crippen MR) is 95.2 cm³/mol. The lowest BCUT2D eigenvalue weighted by atomic mass is 10.2. The summed E-state index contributed by atoms with van der Waals surface area (Å²) >= 11 is 0. The summed E-state index contributed by atoms with van der Waals surface area (Å²) in [5.41, 5.74) is 2.40. The zero-order chi connectivity index (χ0) is 17.8. The van der Waals surface area contributed by atoms with E-state index < -0.39 is 0 Å². The molecule has 2 aromatic heterocycles. The topological polar surface area (TPSA) is 50.4 Å². The Morgan fingerprint density at radius 3 is 2.84 bits per heavy atom. The smallest absolute Gasteiger partial charge is 0.268 e. The number of halogens is 1. The van der Waals surface area contributed by atoms with Gasteiger partial charge in [0.25, 0.3) is 5.91 Å². The van der Waals surface area contributed by atoms with Gasteiger partial charge in [0.15, 0.2) is 5.58 Å². The quantitative estimate of drug-likeness (QED) is 0.671. The van der Waals surface area contributed by atoms with Gasteiger partial charge in [-0.2, -0.15) is 0 Å². The molecule has 2 heterocycles. The van der Waals surface area contributed by atoms with Crippen molar-refractivity contribution in [2.45, 2.75) is 13.0 Å². The van der Waals surface area contributed by atoms with Crippen molar-refractivity contribution in [3.8, 4) is 0 Å². The molecular weight excluding hydrogens is 321 g/mol. The van der Waals surface area contributed by atoms with Gasteiger partial charge in [-0.3, -0.25) is 4.79 Å². The third-order valence-corrected chi connectivity index (χ3v) is 4.11. The van der Waals surface area contributed by atoms with Crippen LogP contribution in [-0.4, -0.2) is 42.6 Å². The Balaban J connectivity index is 1.82. The van der Waals surface area contributed by atoms with E-state index in [-0.39, 0.29) is 18.3 Å². The Bertz CT molecular complexity index is 867. The molecule has 6 heteroatoms. The first kappa shape index (κ1) is 17.2. The molecule has 0 atom stereocenters. The van der Waals surface area contributed by atoms with E-state index in [4.69, 9.17) is 4.42 Å². The monoisotopic (exact) mass is 343 g/mol. The summed E-state index contributed by atoms with van der Waals surface area (Å²) in [5, 5.41) is 2.92. The summed E-state index contributed by atoms with van der Waals surface area (Å²) in [7, 11) is 3.99. The van der Waals surface area contributed by atoms with Crippen LogP contribution in [0.2, 0.25) is 0 Å². The van der Waals surface area contributed by atoms with Crippen LogP contribution < -0.4 is 5.32 Å². The zero-order valence-corrected chi connectivity index (χ0v) is 14.5. The van der Waals surface area contributed by atoms with Crippen molar-refractivity contribution >= 4 is 17.0 Å². The average molecular weight is 343 g/mol. The molecular formula is C19H22FN3O2. The van der Waals surface area contributed by atoms with Gasteiger partial charge in [0.05, 0.1) is 18.3 Å². The molecule has 1 N–H and O–H groups in total. The van der Waals surface area contributed by atoms with E-state index in [1.54, 1.807) is 41.2 Å². The van der Waals surface area contributed by atoms with Crippen LogP contribution in [-0.2, 0) is 6.54 Å². The number of nitrogens with one attached hydrogen (secondary N) is 1. The van der Waals surface area contributed by atoms with E-state index in [0.29, 0.717) is 23.4 Å². The molecule has 3 aromatic rings. The average Bonchev–Trinajstić information content (AvgIpc) is 3.16. The van der Waals surface area contributed by atoms with E-state index in [9.17, 15) is 9.18 Å². The fourth-order valence-electron chi connectivity index (χ4n) is 2.82. The molecule has 1 aromatic carbocycles.